The molecule has 0 aliphatic carbocycles. The number of rotatable bonds is 14. The molecule has 0 bridgehead atoms. The standard InChI is InChI=1S/C41H42GeO3/c1-3-44-26-27-45-41-20-14-32(15-21-41)24-25-42(39-18-22-40(43-2)23-19-39,30-33-12-16-35-8-4-6-10-37(35)28-33)31-34-13-17-36-9-5-7-11-38(36)29-34/h4-23,28-29H,3,24-27,30-31H2,1-2H3. The molecule has 228 valence electrons. The van der Waals surface area contributed by atoms with Crippen molar-refractivity contribution < 1.29 is 14.2 Å². The number of benzene rings is 6. The molecule has 0 heterocycles. The quantitative estimate of drug-likeness (QED) is 0.0867. The van der Waals surface area contributed by atoms with Crippen LogP contribution in [0, 0.1) is 0 Å². The van der Waals surface area contributed by atoms with E-state index >= 15 is 0 Å². The fraction of sp³-hybridized carbons (Fsp3) is 0.220. The summed E-state index contributed by atoms with van der Waals surface area (Å²) in [6, 6.07) is 49.3. The molecule has 3 nitrogen and oxygen atoms in total. The first-order chi connectivity index (χ1) is 22.1. The zero-order valence-electron chi connectivity index (χ0n) is 26.4. The van der Waals surface area contributed by atoms with Crippen LogP contribution < -0.4 is 13.9 Å². The second-order valence-corrected chi connectivity index (χ2v) is 21.0. The Morgan fingerprint density at radius 3 is 1.62 bits per heavy atom. The van der Waals surface area contributed by atoms with Crippen LogP contribution in [0.15, 0.2) is 133 Å². The van der Waals surface area contributed by atoms with Crippen LogP contribution in [0.1, 0.15) is 23.6 Å². The summed E-state index contributed by atoms with van der Waals surface area (Å²) in [4.78, 5) is 0. The molecule has 0 unspecified atom stereocenters. The molecule has 0 atom stereocenters. The molecule has 4 heteroatoms. The molecule has 0 N–H and O–H groups in total. The number of hydrogen-bond donors (Lipinski definition) is 0. The van der Waals surface area contributed by atoms with Gasteiger partial charge in [0.25, 0.3) is 0 Å². The zero-order chi connectivity index (χ0) is 30.9. The van der Waals surface area contributed by atoms with Gasteiger partial charge in [-0.3, -0.25) is 0 Å². The van der Waals surface area contributed by atoms with Gasteiger partial charge in [0, 0.05) is 0 Å². The van der Waals surface area contributed by atoms with Gasteiger partial charge in [0.2, 0.25) is 0 Å². The van der Waals surface area contributed by atoms with Crippen molar-refractivity contribution in [1.29, 1.82) is 0 Å². The van der Waals surface area contributed by atoms with Gasteiger partial charge in [-0.05, 0) is 0 Å². The van der Waals surface area contributed by atoms with Gasteiger partial charge in [-0.15, -0.1) is 0 Å². The molecule has 45 heavy (non-hydrogen) atoms. The summed E-state index contributed by atoms with van der Waals surface area (Å²) >= 11 is -2.91. The van der Waals surface area contributed by atoms with E-state index in [4.69, 9.17) is 14.2 Å². The maximum absolute atomic E-state index is 5.90. The summed E-state index contributed by atoms with van der Waals surface area (Å²) in [5, 5.41) is 8.61. The van der Waals surface area contributed by atoms with Crippen molar-refractivity contribution in [3.8, 4) is 11.5 Å². The normalized spacial score (nSPS) is 11.6. The summed E-state index contributed by atoms with van der Waals surface area (Å²) in [6.07, 6.45) is 1.03. The van der Waals surface area contributed by atoms with Gasteiger partial charge in [-0.25, -0.2) is 0 Å². The van der Waals surface area contributed by atoms with Gasteiger partial charge in [-0.2, -0.15) is 0 Å². The number of aryl methyl sites for hydroxylation is 1. The SMILES string of the molecule is CCOCCOc1ccc(C[CH2][Ge]([CH2]c2ccc3ccccc3c2)([CH2]c2ccc3ccccc3c2)[c]2ccc(OC)cc2)cc1. The fourth-order valence-corrected chi connectivity index (χ4v) is 16.6. The van der Waals surface area contributed by atoms with Gasteiger partial charge in [0.15, 0.2) is 0 Å². The van der Waals surface area contributed by atoms with Gasteiger partial charge in [0.1, 0.15) is 0 Å². The second-order valence-electron chi connectivity index (χ2n) is 11.9. The monoisotopic (exact) mass is 656 g/mol. The molecular weight excluding hydrogens is 613 g/mol. The van der Waals surface area contributed by atoms with Gasteiger partial charge in [-0.1, -0.05) is 0 Å². The summed E-state index contributed by atoms with van der Waals surface area (Å²) in [5.74, 6) is 1.81. The maximum atomic E-state index is 5.90. The Balaban J connectivity index is 1.37. The average molecular weight is 655 g/mol. The molecule has 0 saturated carbocycles. The molecule has 0 fully saturated rings. The number of fused-ring (bicyclic) bond motifs is 2. The Kier molecular flexibility index (Phi) is 10.2. The molecule has 0 aliphatic heterocycles. The van der Waals surface area contributed by atoms with Crippen LogP contribution in [0.4, 0.5) is 0 Å². The van der Waals surface area contributed by atoms with Gasteiger partial charge >= 0.3 is 271 Å². The summed E-state index contributed by atoms with van der Waals surface area (Å²) < 4.78 is 18.5. The summed E-state index contributed by atoms with van der Waals surface area (Å²) in [6.45, 7) is 3.90. The van der Waals surface area contributed by atoms with E-state index in [2.05, 4.69) is 133 Å². The van der Waals surface area contributed by atoms with E-state index in [0.717, 1.165) is 28.4 Å². The molecular formula is C41H42GeO3. The topological polar surface area (TPSA) is 27.7 Å². The summed E-state index contributed by atoms with van der Waals surface area (Å²) in [7, 11) is 1.75. The number of hydrogen-bond acceptors (Lipinski definition) is 3. The Hall–Kier alpha value is -4.06. The van der Waals surface area contributed by atoms with Crippen LogP contribution in [-0.2, 0) is 21.7 Å². The fourth-order valence-electron chi connectivity index (χ4n) is 6.51. The minimum atomic E-state index is -2.91. The molecule has 0 aromatic heterocycles. The molecule has 0 aliphatic rings. The third-order valence-electron chi connectivity index (χ3n) is 8.93. The van der Waals surface area contributed by atoms with Crippen molar-refractivity contribution in [2.24, 2.45) is 0 Å². The van der Waals surface area contributed by atoms with E-state index in [-0.39, 0.29) is 0 Å². The first kappa shape index (κ1) is 30.9. The molecule has 0 saturated heterocycles. The van der Waals surface area contributed by atoms with Gasteiger partial charge in [0.05, 0.1) is 0 Å². The van der Waals surface area contributed by atoms with Crippen LogP contribution in [-0.4, -0.2) is 40.2 Å². The van der Waals surface area contributed by atoms with E-state index in [0.29, 0.717) is 19.8 Å². The van der Waals surface area contributed by atoms with Crippen molar-refractivity contribution in [3.63, 3.8) is 0 Å². The minimum absolute atomic E-state index is 0.570. The average Bonchev–Trinajstić information content (AvgIpc) is 3.09. The first-order valence-electron chi connectivity index (χ1n) is 16.0. The Morgan fingerprint density at radius 2 is 1.07 bits per heavy atom. The van der Waals surface area contributed by atoms with Crippen molar-refractivity contribution in [2.75, 3.05) is 26.9 Å². The van der Waals surface area contributed by atoms with Crippen molar-refractivity contribution in [2.45, 2.75) is 29.1 Å². The van der Waals surface area contributed by atoms with Crippen molar-refractivity contribution in [1.82, 2.24) is 0 Å². The van der Waals surface area contributed by atoms with Crippen LogP contribution >= 0.6 is 0 Å². The molecule has 6 rings (SSSR count). The van der Waals surface area contributed by atoms with Crippen LogP contribution in [0.3, 0.4) is 0 Å². The van der Waals surface area contributed by atoms with Crippen molar-refractivity contribution >= 4 is 39.2 Å². The summed E-state index contributed by atoms with van der Waals surface area (Å²) in [5.41, 5.74) is 4.22. The number of methoxy groups -OCH3 is 1. The predicted molar refractivity (Wildman–Crippen MR) is 191 cm³/mol. The van der Waals surface area contributed by atoms with E-state index in [1.807, 2.05) is 6.92 Å². The zero-order valence-corrected chi connectivity index (χ0v) is 28.5. The molecule has 0 spiro atoms. The van der Waals surface area contributed by atoms with Crippen LogP contribution in [0.2, 0.25) is 5.25 Å². The Bertz CT molecular complexity index is 1750. The number of ether oxygens (including phenoxy) is 3. The molecule has 0 amide bonds. The van der Waals surface area contributed by atoms with Crippen molar-refractivity contribution in [3.05, 3.63) is 150 Å². The third-order valence-corrected chi connectivity index (χ3v) is 19.3. The van der Waals surface area contributed by atoms with Gasteiger partial charge < -0.3 is 0 Å². The van der Waals surface area contributed by atoms with E-state index in [1.165, 1.54) is 47.9 Å². The second kappa shape index (κ2) is 14.8. The third kappa shape index (κ3) is 7.79. The Morgan fingerprint density at radius 1 is 0.533 bits per heavy atom. The predicted octanol–water partition coefficient (Wildman–Crippen LogP) is 8.88. The Labute approximate surface area is 270 Å². The van der Waals surface area contributed by atoms with E-state index in [1.54, 1.807) is 7.11 Å². The van der Waals surface area contributed by atoms with Crippen LogP contribution in [0.25, 0.3) is 21.5 Å². The first-order valence-corrected chi connectivity index (χ1v) is 21.5. The van der Waals surface area contributed by atoms with E-state index < -0.39 is 13.3 Å². The van der Waals surface area contributed by atoms with Crippen LogP contribution in [0.5, 0.6) is 11.5 Å². The molecule has 0 radical (unpaired) electrons. The van der Waals surface area contributed by atoms with E-state index in [9.17, 15) is 0 Å². The molecule has 6 aromatic rings. The molecule has 6 aromatic carbocycles.